The van der Waals surface area contributed by atoms with Gasteiger partial charge < -0.3 is 0 Å². The molecule has 0 bridgehead atoms. The number of hydrogen-bond acceptors (Lipinski definition) is 4. The molecule has 4 rings (SSSR count). The third kappa shape index (κ3) is 2.73. The summed E-state index contributed by atoms with van der Waals surface area (Å²) in [5, 5.41) is 0. The quantitative estimate of drug-likeness (QED) is 0.550. The highest BCUT2D eigenvalue weighted by Crippen LogP contribution is 2.64. The van der Waals surface area contributed by atoms with Gasteiger partial charge in [-0.25, -0.2) is 0 Å². The van der Waals surface area contributed by atoms with Gasteiger partial charge in [-0.3, -0.25) is 8.98 Å². The Balaban J connectivity index is 1.59. The van der Waals surface area contributed by atoms with Crippen LogP contribution in [-0.2, 0) is 19.1 Å². The predicted molar refractivity (Wildman–Crippen MR) is 96.4 cm³/mol. The molecule has 0 amide bonds. The minimum Gasteiger partial charge on any atom is -0.299 e. The number of carbonyl (C=O) groups excluding carboxylic acids is 1. The first-order chi connectivity index (χ1) is 11.6. The molecule has 0 radical (unpaired) electrons. The number of rotatable bonds is 2. The first-order valence-electron chi connectivity index (χ1n) is 9.74. The van der Waals surface area contributed by atoms with E-state index >= 15 is 0 Å². The van der Waals surface area contributed by atoms with Crippen molar-refractivity contribution in [1.29, 1.82) is 0 Å². The van der Waals surface area contributed by atoms with E-state index in [1.54, 1.807) is 0 Å². The van der Waals surface area contributed by atoms with Crippen LogP contribution in [0.1, 0.15) is 65.2 Å². The maximum absolute atomic E-state index is 12.5. The fourth-order valence-corrected chi connectivity index (χ4v) is 7.39. The van der Waals surface area contributed by atoms with Crippen LogP contribution < -0.4 is 0 Å². The fourth-order valence-electron chi connectivity index (χ4n) is 6.73. The highest BCUT2D eigenvalue weighted by molar-refractivity contribution is 7.86. The Morgan fingerprint density at radius 2 is 1.76 bits per heavy atom. The molecule has 0 aromatic rings. The smallest absolute Gasteiger partial charge is 0.264 e. The van der Waals surface area contributed by atoms with Gasteiger partial charge in [-0.15, -0.1) is 0 Å². The summed E-state index contributed by atoms with van der Waals surface area (Å²) >= 11 is 0. The molecule has 3 saturated carbocycles. The van der Waals surface area contributed by atoms with Crippen LogP contribution in [0, 0.1) is 28.6 Å². The van der Waals surface area contributed by atoms with Crippen LogP contribution in [0.5, 0.6) is 0 Å². The Labute approximate surface area is 151 Å². The molecule has 0 N–H and O–H groups in total. The van der Waals surface area contributed by atoms with Crippen molar-refractivity contribution in [3.63, 3.8) is 0 Å². The molecular weight excluding hydrogens is 336 g/mol. The van der Waals surface area contributed by atoms with Crippen molar-refractivity contribution in [2.75, 3.05) is 6.26 Å². The molecule has 5 heteroatoms. The van der Waals surface area contributed by atoms with Gasteiger partial charge in [0.05, 0.1) is 12.4 Å². The molecular formula is C20H30O4S. The van der Waals surface area contributed by atoms with E-state index in [1.807, 2.05) is 0 Å². The SMILES string of the molecule is C[C@]12CCC(OS(C)(=O)=O)CC1=CC[C@@H]1[C@@H]2CC[C@]2(C)C(=O)CC[C@@H]12. The average molecular weight is 367 g/mol. The Morgan fingerprint density at radius 3 is 2.48 bits per heavy atom. The highest BCUT2D eigenvalue weighted by Gasteiger charge is 2.58. The summed E-state index contributed by atoms with van der Waals surface area (Å²) in [5.74, 6) is 2.28. The van der Waals surface area contributed by atoms with Gasteiger partial charge in [-0.2, -0.15) is 8.42 Å². The van der Waals surface area contributed by atoms with Crippen molar-refractivity contribution in [3.8, 4) is 0 Å². The van der Waals surface area contributed by atoms with Gasteiger partial charge in [0.25, 0.3) is 10.1 Å². The standard InChI is InChI=1S/C20H30O4S/c1-19-10-8-14(24-25(3,22)23)12-13(19)4-5-15-16-6-7-18(21)20(16,2)11-9-17(15)19/h4,14-17H,5-12H2,1-3H3/t14?,15-,16-,17-,19-,20-/m0/s1. The molecule has 0 heterocycles. The van der Waals surface area contributed by atoms with E-state index in [1.165, 1.54) is 5.57 Å². The highest BCUT2D eigenvalue weighted by atomic mass is 32.2. The van der Waals surface area contributed by atoms with Crippen molar-refractivity contribution >= 4 is 15.9 Å². The van der Waals surface area contributed by atoms with E-state index in [-0.39, 0.29) is 16.9 Å². The minimum absolute atomic E-state index is 0.0839. The summed E-state index contributed by atoms with van der Waals surface area (Å²) in [6, 6.07) is 0. The van der Waals surface area contributed by atoms with Crippen molar-refractivity contribution in [2.24, 2.45) is 28.6 Å². The lowest BCUT2D eigenvalue weighted by Crippen LogP contribution is -2.50. The molecule has 4 aliphatic carbocycles. The van der Waals surface area contributed by atoms with Gasteiger partial charge in [-0.05, 0) is 68.1 Å². The number of ketones is 1. The van der Waals surface area contributed by atoms with Crippen LogP contribution >= 0.6 is 0 Å². The van der Waals surface area contributed by atoms with Crippen molar-refractivity contribution in [2.45, 2.75) is 71.3 Å². The summed E-state index contributed by atoms with van der Waals surface area (Å²) in [4.78, 5) is 12.5. The number of carbonyl (C=O) groups is 1. The van der Waals surface area contributed by atoms with Crippen molar-refractivity contribution in [3.05, 3.63) is 11.6 Å². The number of hydrogen-bond donors (Lipinski definition) is 0. The van der Waals surface area contributed by atoms with Crippen molar-refractivity contribution < 1.29 is 17.4 Å². The van der Waals surface area contributed by atoms with Gasteiger partial charge in [-0.1, -0.05) is 25.5 Å². The largest absolute Gasteiger partial charge is 0.299 e. The monoisotopic (exact) mass is 366 g/mol. The van der Waals surface area contributed by atoms with E-state index in [2.05, 4.69) is 19.9 Å². The normalized spacial score (nSPS) is 46.8. The Hall–Kier alpha value is -0.680. The first-order valence-corrected chi connectivity index (χ1v) is 11.6. The Morgan fingerprint density at radius 1 is 1.08 bits per heavy atom. The first kappa shape index (κ1) is 17.7. The maximum atomic E-state index is 12.5. The molecule has 0 aliphatic heterocycles. The molecule has 0 saturated heterocycles. The molecule has 25 heavy (non-hydrogen) atoms. The van der Waals surface area contributed by atoms with Gasteiger partial charge in [0, 0.05) is 11.8 Å². The topological polar surface area (TPSA) is 60.4 Å². The molecule has 3 fully saturated rings. The van der Waals surface area contributed by atoms with Crippen LogP contribution in [-0.4, -0.2) is 26.6 Å². The second-order valence-electron chi connectivity index (χ2n) is 9.34. The lowest BCUT2D eigenvalue weighted by Gasteiger charge is -2.56. The molecule has 4 aliphatic rings. The van der Waals surface area contributed by atoms with E-state index in [4.69, 9.17) is 4.18 Å². The zero-order valence-corrected chi connectivity index (χ0v) is 16.4. The fraction of sp³-hybridized carbons (Fsp3) is 0.850. The maximum Gasteiger partial charge on any atom is 0.264 e. The zero-order chi connectivity index (χ0) is 18.0. The third-order valence-corrected chi connectivity index (χ3v) is 8.70. The molecule has 0 aromatic heterocycles. The average Bonchev–Trinajstić information content (AvgIpc) is 2.82. The second-order valence-corrected chi connectivity index (χ2v) is 10.9. The number of allylic oxidation sites excluding steroid dienone is 1. The van der Waals surface area contributed by atoms with Gasteiger partial charge >= 0.3 is 0 Å². The van der Waals surface area contributed by atoms with Crippen LogP contribution in [0.4, 0.5) is 0 Å². The van der Waals surface area contributed by atoms with Crippen LogP contribution in [0.3, 0.4) is 0 Å². The number of fused-ring (bicyclic) bond motifs is 5. The lowest BCUT2D eigenvalue weighted by molar-refractivity contribution is -0.131. The lowest BCUT2D eigenvalue weighted by atomic mass is 9.48. The molecule has 6 atom stereocenters. The van der Waals surface area contributed by atoms with Crippen molar-refractivity contribution in [1.82, 2.24) is 0 Å². The van der Waals surface area contributed by atoms with E-state index in [0.29, 0.717) is 23.5 Å². The predicted octanol–water partition coefficient (Wildman–Crippen LogP) is 3.86. The summed E-state index contributed by atoms with van der Waals surface area (Å²) in [7, 11) is -3.40. The van der Waals surface area contributed by atoms with Gasteiger partial charge in [0.1, 0.15) is 5.78 Å². The Kier molecular flexibility index (Phi) is 4.01. The van der Waals surface area contributed by atoms with Crippen LogP contribution in [0.2, 0.25) is 0 Å². The minimum atomic E-state index is -3.40. The zero-order valence-electron chi connectivity index (χ0n) is 15.6. The molecule has 0 spiro atoms. The van der Waals surface area contributed by atoms with E-state index in [9.17, 15) is 13.2 Å². The molecule has 0 aromatic carbocycles. The Bertz CT molecular complexity index is 724. The third-order valence-electron chi connectivity index (χ3n) is 8.08. The second kappa shape index (κ2) is 5.66. The van der Waals surface area contributed by atoms with E-state index in [0.717, 1.165) is 57.6 Å². The van der Waals surface area contributed by atoms with Crippen LogP contribution in [0.25, 0.3) is 0 Å². The molecule has 1 unspecified atom stereocenters. The molecule has 140 valence electrons. The van der Waals surface area contributed by atoms with Crippen LogP contribution in [0.15, 0.2) is 11.6 Å². The molecule has 4 nitrogen and oxygen atoms in total. The van der Waals surface area contributed by atoms with E-state index < -0.39 is 10.1 Å². The van der Waals surface area contributed by atoms with Gasteiger partial charge in [0.15, 0.2) is 0 Å². The number of Topliss-reactive ketones (excluding diaryl/α,β-unsaturated/α-hetero) is 1. The summed E-state index contributed by atoms with van der Waals surface area (Å²) in [6.45, 7) is 4.59. The van der Waals surface area contributed by atoms with Gasteiger partial charge in [0.2, 0.25) is 0 Å². The summed E-state index contributed by atoms with van der Waals surface area (Å²) < 4.78 is 28.3. The summed E-state index contributed by atoms with van der Waals surface area (Å²) in [5.41, 5.74) is 1.48. The summed E-state index contributed by atoms with van der Waals surface area (Å²) in [6.07, 6.45) is 10.9.